The maximum Gasteiger partial charge on any atom is 0.251 e. The summed E-state index contributed by atoms with van der Waals surface area (Å²) in [6.07, 6.45) is 5.25. The fraction of sp³-hybridized carbons (Fsp3) is 0.417. The maximum absolute atomic E-state index is 12.5. The lowest BCUT2D eigenvalue weighted by Gasteiger charge is -2.36. The van der Waals surface area contributed by atoms with Crippen molar-refractivity contribution in [1.82, 2.24) is 5.32 Å². The number of fused-ring (bicyclic) bond motifs is 1. The van der Waals surface area contributed by atoms with Crippen molar-refractivity contribution in [1.29, 1.82) is 5.26 Å². The summed E-state index contributed by atoms with van der Waals surface area (Å²) in [5.41, 5.74) is 6.38. The van der Waals surface area contributed by atoms with Gasteiger partial charge in [-0.25, -0.2) is 0 Å². The Morgan fingerprint density at radius 1 is 1.11 bits per heavy atom. The molecule has 1 aliphatic carbocycles. The van der Waals surface area contributed by atoms with Gasteiger partial charge in [-0.3, -0.25) is 4.79 Å². The van der Waals surface area contributed by atoms with Crippen molar-refractivity contribution in [3.63, 3.8) is 0 Å². The molecule has 1 heterocycles. The molecule has 2 aliphatic rings. The molecule has 0 spiro atoms. The summed E-state index contributed by atoms with van der Waals surface area (Å²) in [6.45, 7) is 5.09. The van der Waals surface area contributed by atoms with E-state index in [-0.39, 0.29) is 11.9 Å². The van der Waals surface area contributed by atoms with Gasteiger partial charge >= 0.3 is 0 Å². The van der Waals surface area contributed by atoms with E-state index < -0.39 is 0 Å². The Kier molecular flexibility index (Phi) is 5.09. The highest BCUT2D eigenvalue weighted by atomic mass is 16.1. The molecular weight excluding hydrogens is 346 g/mol. The van der Waals surface area contributed by atoms with Crippen LogP contribution < -0.4 is 10.2 Å². The van der Waals surface area contributed by atoms with Crippen molar-refractivity contribution in [3.8, 4) is 6.07 Å². The van der Waals surface area contributed by atoms with Crippen molar-refractivity contribution in [3.05, 3.63) is 64.2 Å². The Bertz CT molecular complexity index is 918. The Labute approximate surface area is 167 Å². The standard InChI is InChI=1S/C24H27N3O/c1-16-3-5-18(6-4-16)24(28)26-21-7-9-22(10-8-21)27-12-11-19-14-20(15-25)17(2)13-23(19)27/h3-6,13-14,21-22H,7-12H2,1-2H3,(H,26,28)/t21-,22-. The molecule has 1 saturated carbocycles. The van der Waals surface area contributed by atoms with E-state index in [9.17, 15) is 10.1 Å². The van der Waals surface area contributed by atoms with Gasteiger partial charge in [-0.05, 0) is 81.3 Å². The third-order valence-electron chi connectivity index (χ3n) is 6.26. The lowest BCUT2D eigenvalue weighted by Crippen LogP contribution is -2.43. The number of nitrogens with zero attached hydrogens (tertiary/aromatic N) is 2. The van der Waals surface area contributed by atoms with Crippen LogP contribution in [0.1, 0.15) is 58.3 Å². The molecular formula is C24H27N3O. The van der Waals surface area contributed by atoms with Crippen molar-refractivity contribution in [2.45, 2.75) is 58.0 Å². The summed E-state index contributed by atoms with van der Waals surface area (Å²) in [4.78, 5) is 15.0. The van der Waals surface area contributed by atoms with Gasteiger partial charge in [0.25, 0.3) is 5.91 Å². The molecule has 1 N–H and O–H groups in total. The number of hydrogen-bond donors (Lipinski definition) is 1. The first-order valence-electron chi connectivity index (χ1n) is 10.2. The van der Waals surface area contributed by atoms with Crippen LogP contribution in [-0.2, 0) is 6.42 Å². The van der Waals surface area contributed by atoms with E-state index in [0.717, 1.165) is 55.3 Å². The maximum atomic E-state index is 12.5. The highest BCUT2D eigenvalue weighted by Gasteiger charge is 2.31. The van der Waals surface area contributed by atoms with E-state index in [4.69, 9.17) is 0 Å². The number of nitriles is 1. The Morgan fingerprint density at radius 2 is 1.82 bits per heavy atom. The molecule has 1 amide bonds. The predicted molar refractivity (Wildman–Crippen MR) is 112 cm³/mol. The van der Waals surface area contributed by atoms with Crippen molar-refractivity contribution >= 4 is 11.6 Å². The Hall–Kier alpha value is -2.80. The fourth-order valence-electron chi connectivity index (χ4n) is 4.57. The largest absolute Gasteiger partial charge is 0.368 e. The SMILES string of the molecule is Cc1ccc(C(=O)N[C@H]2CC[C@H](N3CCc4cc(C#N)c(C)cc43)CC2)cc1. The predicted octanol–water partition coefficient (Wildman–Crippen LogP) is 4.28. The first-order valence-corrected chi connectivity index (χ1v) is 10.2. The number of rotatable bonds is 3. The quantitative estimate of drug-likeness (QED) is 0.874. The molecule has 144 valence electrons. The molecule has 2 aromatic carbocycles. The number of carbonyl (C=O) groups excluding carboxylic acids is 1. The first-order chi connectivity index (χ1) is 13.5. The Morgan fingerprint density at radius 3 is 2.50 bits per heavy atom. The normalized spacial score (nSPS) is 21.1. The fourth-order valence-corrected chi connectivity index (χ4v) is 4.57. The zero-order valence-electron chi connectivity index (χ0n) is 16.7. The lowest BCUT2D eigenvalue weighted by atomic mass is 9.89. The summed E-state index contributed by atoms with van der Waals surface area (Å²) >= 11 is 0. The summed E-state index contributed by atoms with van der Waals surface area (Å²) < 4.78 is 0. The number of aryl methyl sites for hydroxylation is 2. The van der Waals surface area contributed by atoms with E-state index in [1.54, 1.807) is 0 Å². The molecule has 0 aromatic heterocycles. The molecule has 4 rings (SSSR count). The van der Waals surface area contributed by atoms with E-state index in [0.29, 0.717) is 6.04 Å². The minimum Gasteiger partial charge on any atom is -0.368 e. The van der Waals surface area contributed by atoms with Crippen LogP contribution in [-0.4, -0.2) is 24.5 Å². The van der Waals surface area contributed by atoms with Gasteiger partial charge in [0.1, 0.15) is 0 Å². The van der Waals surface area contributed by atoms with Gasteiger partial charge in [0.2, 0.25) is 0 Å². The summed E-state index contributed by atoms with van der Waals surface area (Å²) in [5, 5.41) is 12.5. The number of nitrogens with one attached hydrogen (secondary N) is 1. The van der Waals surface area contributed by atoms with E-state index in [1.807, 2.05) is 38.1 Å². The van der Waals surface area contributed by atoms with Crippen LogP contribution in [0.2, 0.25) is 0 Å². The van der Waals surface area contributed by atoms with Gasteiger partial charge in [-0.15, -0.1) is 0 Å². The van der Waals surface area contributed by atoms with Gasteiger partial charge in [0.15, 0.2) is 0 Å². The van der Waals surface area contributed by atoms with Crippen molar-refractivity contribution < 1.29 is 4.79 Å². The second-order valence-corrected chi connectivity index (χ2v) is 8.20. The molecule has 0 radical (unpaired) electrons. The summed E-state index contributed by atoms with van der Waals surface area (Å²) in [6, 6.07) is 15.1. The van der Waals surface area contributed by atoms with Gasteiger partial charge < -0.3 is 10.2 Å². The second kappa shape index (κ2) is 7.67. The van der Waals surface area contributed by atoms with Gasteiger partial charge in [-0.1, -0.05) is 17.7 Å². The van der Waals surface area contributed by atoms with Crippen molar-refractivity contribution in [2.24, 2.45) is 0 Å². The van der Waals surface area contributed by atoms with Crippen molar-refractivity contribution in [2.75, 3.05) is 11.4 Å². The molecule has 0 atom stereocenters. The zero-order chi connectivity index (χ0) is 19.7. The van der Waals surface area contributed by atoms with Crippen LogP contribution in [0.25, 0.3) is 0 Å². The van der Waals surface area contributed by atoms with Crippen LogP contribution in [0.3, 0.4) is 0 Å². The van der Waals surface area contributed by atoms with Crippen LogP contribution in [0.15, 0.2) is 36.4 Å². The third kappa shape index (κ3) is 3.62. The highest BCUT2D eigenvalue weighted by molar-refractivity contribution is 5.94. The van der Waals surface area contributed by atoms with Crippen LogP contribution in [0, 0.1) is 25.2 Å². The molecule has 0 bridgehead atoms. The van der Waals surface area contributed by atoms with Gasteiger partial charge in [0.05, 0.1) is 11.6 Å². The number of benzene rings is 2. The van der Waals surface area contributed by atoms with Crippen LogP contribution >= 0.6 is 0 Å². The zero-order valence-corrected chi connectivity index (χ0v) is 16.7. The second-order valence-electron chi connectivity index (χ2n) is 8.20. The minimum atomic E-state index is 0.0367. The van der Waals surface area contributed by atoms with E-state index in [1.165, 1.54) is 16.8 Å². The van der Waals surface area contributed by atoms with E-state index >= 15 is 0 Å². The monoisotopic (exact) mass is 373 g/mol. The molecule has 28 heavy (non-hydrogen) atoms. The molecule has 0 saturated heterocycles. The minimum absolute atomic E-state index is 0.0367. The molecule has 4 heteroatoms. The first kappa shape index (κ1) is 18.6. The van der Waals surface area contributed by atoms with Gasteiger partial charge in [-0.2, -0.15) is 5.26 Å². The van der Waals surface area contributed by atoms with Crippen LogP contribution in [0.5, 0.6) is 0 Å². The topological polar surface area (TPSA) is 56.1 Å². The molecule has 2 aromatic rings. The average Bonchev–Trinajstić information content (AvgIpc) is 3.11. The molecule has 1 fully saturated rings. The molecule has 0 unspecified atom stereocenters. The molecule has 4 nitrogen and oxygen atoms in total. The highest BCUT2D eigenvalue weighted by Crippen LogP contribution is 2.36. The number of carbonyl (C=O) groups is 1. The van der Waals surface area contributed by atoms with Crippen LogP contribution in [0.4, 0.5) is 5.69 Å². The number of amides is 1. The van der Waals surface area contributed by atoms with E-state index in [2.05, 4.69) is 28.4 Å². The average molecular weight is 374 g/mol. The smallest absolute Gasteiger partial charge is 0.251 e. The number of anilines is 1. The van der Waals surface area contributed by atoms with Gasteiger partial charge in [0, 0.05) is 29.9 Å². The third-order valence-corrected chi connectivity index (χ3v) is 6.26. The molecule has 1 aliphatic heterocycles. The summed E-state index contributed by atoms with van der Waals surface area (Å²) in [7, 11) is 0. The lowest BCUT2D eigenvalue weighted by molar-refractivity contribution is 0.0925. The Balaban J connectivity index is 1.37. The number of hydrogen-bond acceptors (Lipinski definition) is 3. The summed E-state index contributed by atoms with van der Waals surface area (Å²) in [5.74, 6) is 0.0367.